The summed E-state index contributed by atoms with van der Waals surface area (Å²) < 4.78 is 0. The van der Waals surface area contributed by atoms with E-state index >= 15 is 0 Å². The van der Waals surface area contributed by atoms with Crippen LogP contribution < -0.4 is 0 Å². The largest absolute Gasteiger partial charge is 0.337 e. The maximum absolute atomic E-state index is 12.7. The van der Waals surface area contributed by atoms with E-state index < -0.39 is 0 Å². The summed E-state index contributed by atoms with van der Waals surface area (Å²) in [6, 6.07) is 20.3. The van der Waals surface area contributed by atoms with Gasteiger partial charge < -0.3 is 4.90 Å². The Balaban J connectivity index is 1.65. The normalized spacial score (nSPS) is 10.4. The highest BCUT2D eigenvalue weighted by Gasteiger charge is 2.14. The van der Waals surface area contributed by atoms with E-state index in [4.69, 9.17) is 5.26 Å². The lowest BCUT2D eigenvalue weighted by molar-refractivity contribution is -0.128. The molecule has 0 aliphatic rings. The molecule has 0 aliphatic carbocycles. The molecule has 3 aromatic rings. The number of amides is 1. The second kappa shape index (κ2) is 9.02. The lowest BCUT2D eigenvalue weighted by Crippen LogP contribution is -2.32. The Kier molecular flexibility index (Phi) is 6.24. The lowest BCUT2D eigenvalue weighted by atomic mass is 10.1. The maximum atomic E-state index is 12.7. The molecule has 0 bridgehead atoms. The number of fused-ring (bicyclic) bond motifs is 1. The molecule has 2 aromatic carbocycles. The summed E-state index contributed by atoms with van der Waals surface area (Å²) in [6.07, 6.45) is 3.79. The number of benzene rings is 2. The van der Waals surface area contributed by atoms with Gasteiger partial charge in [0.25, 0.3) is 0 Å². The van der Waals surface area contributed by atoms with Crippen LogP contribution in [0.2, 0.25) is 0 Å². The minimum atomic E-state index is 0.0299. The molecule has 0 aliphatic heterocycles. The number of nitriles is 1. The summed E-state index contributed by atoms with van der Waals surface area (Å²) in [5, 5.41) is 11.2. The first kappa shape index (κ1) is 18.0. The van der Waals surface area contributed by atoms with Gasteiger partial charge in [-0.2, -0.15) is 5.26 Å². The van der Waals surface area contributed by atoms with Crippen LogP contribution in [0.3, 0.4) is 0 Å². The standard InChI is InChI=1S/C21H19N3OS/c22-10-4-12-24(15-17-5-3-11-23-14-17)21(25)16-26-20-9-8-18-6-1-2-7-19(18)13-20/h1-3,5-9,11,13-14H,4,12,15-16H2. The Morgan fingerprint density at radius 3 is 2.73 bits per heavy atom. The van der Waals surface area contributed by atoms with Gasteiger partial charge in [0.05, 0.1) is 18.2 Å². The summed E-state index contributed by atoms with van der Waals surface area (Å²) in [4.78, 5) is 19.6. The van der Waals surface area contributed by atoms with Crippen LogP contribution in [0.4, 0.5) is 0 Å². The van der Waals surface area contributed by atoms with Crippen molar-refractivity contribution in [2.45, 2.75) is 17.9 Å². The number of carbonyl (C=O) groups is 1. The molecule has 0 unspecified atom stereocenters. The fourth-order valence-corrected chi connectivity index (χ4v) is 3.53. The Morgan fingerprint density at radius 1 is 1.12 bits per heavy atom. The first-order chi connectivity index (χ1) is 12.8. The van der Waals surface area contributed by atoms with E-state index in [9.17, 15) is 4.79 Å². The van der Waals surface area contributed by atoms with Gasteiger partial charge in [-0.3, -0.25) is 9.78 Å². The van der Waals surface area contributed by atoms with Gasteiger partial charge in [0.1, 0.15) is 0 Å². The zero-order valence-electron chi connectivity index (χ0n) is 14.3. The highest BCUT2D eigenvalue weighted by Crippen LogP contribution is 2.24. The van der Waals surface area contributed by atoms with E-state index in [1.807, 2.05) is 30.3 Å². The molecular weight excluding hydrogens is 342 g/mol. The number of hydrogen-bond acceptors (Lipinski definition) is 4. The third-order valence-electron chi connectivity index (χ3n) is 4.03. The van der Waals surface area contributed by atoms with Crippen LogP contribution in [0.15, 0.2) is 71.9 Å². The average Bonchev–Trinajstić information content (AvgIpc) is 2.70. The van der Waals surface area contributed by atoms with Gasteiger partial charge in [0, 0.05) is 30.4 Å². The van der Waals surface area contributed by atoms with Crippen LogP contribution in [0, 0.1) is 11.3 Å². The van der Waals surface area contributed by atoms with Crippen LogP contribution in [-0.4, -0.2) is 28.1 Å². The number of nitrogens with zero attached hydrogens (tertiary/aromatic N) is 3. The van der Waals surface area contributed by atoms with E-state index in [1.54, 1.807) is 17.3 Å². The summed E-state index contributed by atoms with van der Waals surface area (Å²) in [7, 11) is 0. The van der Waals surface area contributed by atoms with Crippen molar-refractivity contribution in [3.63, 3.8) is 0 Å². The molecule has 0 spiro atoms. The molecule has 1 aromatic heterocycles. The fourth-order valence-electron chi connectivity index (χ4n) is 2.68. The summed E-state index contributed by atoms with van der Waals surface area (Å²) in [6.45, 7) is 0.912. The van der Waals surface area contributed by atoms with Gasteiger partial charge in [-0.25, -0.2) is 0 Å². The number of carbonyl (C=O) groups excluding carboxylic acids is 1. The highest BCUT2D eigenvalue weighted by atomic mass is 32.2. The number of pyridine rings is 1. The summed E-state index contributed by atoms with van der Waals surface area (Å²) in [5.74, 6) is 0.381. The predicted molar refractivity (Wildman–Crippen MR) is 105 cm³/mol. The van der Waals surface area contributed by atoms with E-state index in [-0.39, 0.29) is 5.91 Å². The van der Waals surface area contributed by atoms with Crippen LogP contribution in [0.5, 0.6) is 0 Å². The van der Waals surface area contributed by atoms with Gasteiger partial charge in [-0.05, 0) is 34.5 Å². The Morgan fingerprint density at radius 2 is 1.96 bits per heavy atom. The molecule has 5 heteroatoms. The van der Waals surface area contributed by atoms with Crippen molar-refractivity contribution in [3.05, 3.63) is 72.6 Å². The first-order valence-electron chi connectivity index (χ1n) is 8.41. The second-order valence-electron chi connectivity index (χ2n) is 5.88. The molecule has 0 atom stereocenters. The highest BCUT2D eigenvalue weighted by molar-refractivity contribution is 8.00. The molecule has 130 valence electrons. The Hall–Kier alpha value is -2.84. The van der Waals surface area contributed by atoms with Gasteiger partial charge in [-0.1, -0.05) is 36.4 Å². The quantitative estimate of drug-likeness (QED) is 0.590. The minimum absolute atomic E-state index is 0.0299. The zero-order valence-corrected chi connectivity index (χ0v) is 15.2. The molecule has 0 fully saturated rings. The molecule has 0 saturated heterocycles. The Bertz CT molecular complexity index is 921. The van der Waals surface area contributed by atoms with Gasteiger partial charge in [-0.15, -0.1) is 11.8 Å². The monoisotopic (exact) mass is 361 g/mol. The minimum Gasteiger partial charge on any atom is -0.337 e. The van der Waals surface area contributed by atoms with Crippen molar-refractivity contribution in [2.75, 3.05) is 12.3 Å². The Labute approximate surface area is 157 Å². The number of aromatic nitrogens is 1. The van der Waals surface area contributed by atoms with Crippen LogP contribution in [0.1, 0.15) is 12.0 Å². The third-order valence-corrected chi connectivity index (χ3v) is 5.00. The van der Waals surface area contributed by atoms with Crippen LogP contribution in [-0.2, 0) is 11.3 Å². The fraction of sp³-hybridized carbons (Fsp3) is 0.190. The topological polar surface area (TPSA) is 57.0 Å². The van der Waals surface area contributed by atoms with Crippen molar-refractivity contribution in [2.24, 2.45) is 0 Å². The smallest absolute Gasteiger partial charge is 0.233 e. The molecule has 0 N–H and O–H groups in total. The molecule has 0 saturated carbocycles. The van der Waals surface area contributed by atoms with Gasteiger partial charge >= 0.3 is 0 Å². The molecule has 3 rings (SSSR count). The van der Waals surface area contributed by atoms with Crippen molar-refractivity contribution in [3.8, 4) is 6.07 Å². The lowest BCUT2D eigenvalue weighted by Gasteiger charge is -2.21. The van der Waals surface area contributed by atoms with E-state index in [0.717, 1.165) is 10.5 Å². The van der Waals surface area contributed by atoms with E-state index in [0.29, 0.717) is 25.3 Å². The van der Waals surface area contributed by atoms with Crippen molar-refractivity contribution >= 4 is 28.4 Å². The van der Waals surface area contributed by atoms with Crippen LogP contribution >= 0.6 is 11.8 Å². The second-order valence-corrected chi connectivity index (χ2v) is 6.93. The molecule has 26 heavy (non-hydrogen) atoms. The molecular formula is C21H19N3OS. The van der Waals surface area contributed by atoms with Crippen molar-refractivity contribution < 1.29 is 4.79 Å². The summed E-state index contributed by atoms with van der Waals surface area (Å²) >= 11 is 1.53. The first-order valence-corrected chi connectivity index (χ1v) is 9.40. The zero-order chi connectivity index (χ0) is 18.2. The number of hydrogen-bond donors (Lipinski definition) is 0. The molecule has 1 amide bonds. The molecule has 4 nitrogen and oxygen atoms in total. The predicted octanol–water partition coefficient (Wildman–Crippen LogP) is 4.27. The molecule has 0 radical (unpaired) electrons. The van der Waals surface area contributed by atoms with Gasteiger partial charge in [0.2, 0.25) is 5.91 Å². The van der Waals surface area contributed by atoms with Crippen molar-refractivity contribution in [1.29, 1.82) is 5.26 Å². The number of rotatable bonds is 7. The van der Waals surface area contributed by atoms with Crippen molar-refractivity contribution in [1.82, 2.24) is 9.88 Å². The third kappa shape index (κ3) is 4.84. The van der Waals surface area contributed by atoms with E-state index in [2.05, 4.69) is 35.3 Å². The summed E-state index contributed by atoms with van der Waals surface area (Å²) in [5.41, 5.74) is 0.967. The SMILES string of the molecule is N#CCCN(Cc1cccnc1)C(=O)CSc1ccc2ccccc2c1. The number of thioether (sulfide) groups is 1. The average molecular weight is 361 g/mol. The van der Waals surface area contributed by atoms with Gasteiger partial charge in [0.15, 0.2) is 0 Å². The maximum Gasteiger partial charge on any atom is 0.233 e. The van der Waals surface area contributed by atoms with Crippen LogP contribution in [0.25, 0.3) is 10.8 Å². The molecule has 1 heterocycles. The van der Waals surface area contributed by atoms with E-state index in [1.165, 1.54) is 22.5 Å².